The molecular formula is C12H13NO. The first kappa shape index (κ1) is 9.00. The molecule has 0 amide bonds. The molecule has 2 rings (SSSR count). The third kappa shape index (κ3) is 1.43. The third-order valence-corrected chi connectivity index (χ3v) is 2.45. The van der Waals surface area contributed by atoms with Gasteiger partial charge in [0.2, 0.25) is 0 Å². The molecule has 0 atom stereocenters. The summed E-state index contributed by atoms with van der Waals surface area (Å²) in [6.45, 7) is 4.27. The van der Waals surface area contributed by atoms with Crippen LogP contribution in [0.2, 0.25) is 0 Å². The quantitative estimate of drug-likeness (QED) is 0.498. The van der Waals surface area contributed by atoms with Gasteiger partial charge in [-0.3, -0.25) is 0 Å². The molecule has 0 fully saturated rings. The molecule has 2 heteroatoms. The number of aromatic nitrogens is 1. The van der Waals surface area contributed by atoms with Crippen molar-refractivity contribution in [2.24, 2.45) is 0 Å². The second-order valence-corrected chi connectivity index (χ2v) is 3.81. The molecule has 0 bridgehead atoms. The largest absolute Gasteiger partial charge is 0.619 e. The maximum Gasteiger partial charge on any atom is 0.188 e. The maximum absolute atomic E-state index is 11.2. The van der Waals surface area contributed by atoms with Crippen molar-refractivity contribution in [3.63, 3.8) is 0 Å². The summed E-state index contributed by atoms with van der Waals surface area (Å²) in [4.78, 5) is 0. The lowest BCUT2D eigenvalue weighted by Crippen LogP contribution is -2.23. The van der Waals surface area contributed by atoms with Crippen molar-refractivity contribution in [2.45, 2.75) is 19.8 Å². The van der Waals surface area contributed by atoms with Crippen LogP contribution < -0.4 is 4.73 Å². The second-order valence-electron chi connectivity index (χ2n) is 3.81. The zero-order valence-electron chi connectivity index (χ0n) is 8.40. The van der Waals surface area contributed by atoms with Crippen LogP contribution in [0.3, 0.4) is 0 Å². The van der Waals surface area contributed by atoms with E-state index in [1.54, 1.807) is 6.20 Å². The van der Waals surface area contributed by atoms with E-state index < -0.39 is 0 Å². The number of hydrogen-bond donors (Lipinski definition) is 0. The molecule has 0 aliphatic heterocycles. The standard InChI is InChI=1S/C12H13NO/c1-9(2)11-5-3-4-10-6-7-13(14)8-12(10)11/h3-9H,1-2H3. The number of nitrogens with zero attached hydrogens (tertiary/aromatic N) is 1. The molecule has 1 aromatic heterocycles. The van der Waals surface area contributed by atoms with Crippen LogP contribution in [0.4, 0.5) is 0 Å². The smallest absolute Gasteiger partial charge is 0.188 e. The van der Waals surface area contributed by atoms with Crippen LogP contribution >= 0.6 is 0 Å². The molecule has 2 aromatic rings. The van der Waals surface area contributed by atoms with Crippen LogP contribution in [0.15, 0.2) is 36.7 Å². The number of hydrogen-bond acceptors (Lipinski definition) is 1. The Kier molecular flexibility index (Phi) is 2.12. The Hall–Kier alpha value is -1.57. The van der Waals surface area contributed by atoms with E-state index in [2.05, 4.69) is 19.9 Å². The summed E-state index contributed by atoms with van der Waals surface area (Å²) in [5.74, 6) is 0.445. The van der Waals surface area contributed by atoms with Crippen molar-refractivity contribution >= 4 is 10.8 Å². The van der Waals surface area contributed by atoms with Gasteiger partial charge in [-0.1, -0.05) is 32.0 Å². The Morgan fingerprint density at radius 3 is 2.71 bits per heavy atom. The lowest BCUT2D eigenvalue weighted by atomic mass is 9.98. The van der Waals surface area contributed by atoms with Crippen molar-refractivity contribution in [3.05, 3.63) is 47.4 Å². The van der Waals surface area contributed by atoms with Gasteiger partial charge in [0, 0.05) is 6.07 Å². The third-order valence-electron chi connectivity index (χ3n) is 2.45. The zero-order valence-corrected chi connectivity index (χ0v) is 8.40. The first-order valence-corrected chi connectivity index (χ1v) is 4.80. The normalized spacial score (nSPS) is 11.1. The summed E-state index contributed by atoms with van der Waals surface area (Å²) in [5.41, 5.74) is 1.23. The molecule has 0 unspecified atom stereocenters. The van der Waals surface area contributed by atoms with E-state index in [0.29, 0.717) is 5.92 Å². The fourth-order valence-corrected chi connectivity index (χ4v) is 1.72. The first-order chi connectivity index (χ1) is 6.68. The van der Waals surface area contributed by atoms with E-state index in [0.717, 1.165) is 15.5 Å². The van der Waals surface area contributed by atoms with Gasteiger partial charge in [0.25, 0.3) is 0 Å². The van der Waals surface area contributed by atoms with Crippen LogP contribution in [-0.4, -0.2) is 0 Å². The van der Waals surface area contributed by atoms with Crippen molar-refractivity contribution in [3.8, 4) is 0 Å². The van der Waals surface area contributed by atoms with E-state index in [1.165, 1.54) is 11.8 Å². The Morgan fingerprint density at radius 2 is 2.00 bits per heavy atom. The Balaban J connectivity index is 2.77. The van der Waals surface area contributed by atoms with E-state index in [4.69, 9.17) is 0 Å². The number of benzene rings is 1. The highest BCUT2D eigenvalue weighted by molar-refractivity contribution is 5.84. The highest BCUT2D eigenvalue weighted by atomic mass is 16.5. The van der Waals surface area contributed by atoms with Gasteiger partial charge in [0.1, 0.15) is 0 Å². The van der Waals surface area contributed by atoms with Gasteiger partial charge in [0.15, 0.2) is 12.4 Å². The lowest BCUT2D eigenvalue weighted by Gasteiger charge is -2.08. The summed E-state index contributed by atoms with van der Waals surface area (Å²) in [5, 5.41) is 13.4. The summed E-state index contributed by atoms with van der Waals surface area (Å²) >= 11 is 0. The fraction of sp³-hybridized carbons (Fsp3) is 0.250. The second kappa shape index (κ2) is 3.29. The van der Waals surface area contributed by atoms with Gasteiger partial charge >= 0.3 is 0 Å². The van der Waals surface area contributed by atoms with Gasteiger partial charge in [-0.15, -0.1) is 0 Å². The van der Waals surface area contributed by atoms with E-state index in [9.17, 15) is 5.21 Å². The molecule has 0 aliphatic rings. The minimum absolute atomic E-state index is 0.445. The molecule has 1 heterocycles. The van der Waals surface area contributed by atoms with Gasteiger partial charge < -0.3 is 5.21 Å². The van der Waals surface area contributed by atoms with Gasteiger partial charge in [-0.05, 0) is 16.9 Å². The Labute approximate surface area is 83.4 Å². The average molecular weight is 187 g/mol. The molecule has 0 spiro atoms. The number of fused-ring (bicyclic) bond motifs is 1. The molecule has 14 heavy (non-hydrogen) atoms. The number of rotatable bonds is 1. The average Bonchev–Trinajstić information content (AvgIpc) is 2.16. The van der Waals surface area contributed by atoms with Crippen molar-refractivity contribution in [1.29, 1.82) is 0 Å². The van der Waals surface area contributed by atoms with Crippen molar-refractivity contribution in [2.75, 3.05) is 0 Å². The zero-order chi connectivity index (χ0) is 10.1. The van der Waals surface area contributed by atoms with Crippen LogP contribution in [0, 0.1) is 5.21 Å². The van der Waals surface area contributed by atoms with E-state index in [1.807, 2.05) is 18.2 Å². The Bertz CT molecular complexity index is 463. The molecule has 72 valence electrons. The first-order valence-electron chi connectivity index (χ1n) is 4.80. The maximum atomic E-state index is 11.2. The molecule has 0 N–H and O–H groups in total. The lowest BCUT2D eigenvalue weighted by molar-refractivity contribution is -0.603. The summed E-state index contributed by atoms with van der Waals surface area (Å²) < 4.78 is 0.855. The fourth-order valence-electron chi connectivity index (χ4n) is 1.72. The number of pyridine rings is 1. The predicted octanol–water partition coefficient (Wildman–Crippen LogP) is 2.60. The van der Waals surface area contributed by atoms with Gasteiger partial charge in [-0.2, -0.15) is 4.73 Å². The molecule has 2 nitrogen and oxygen atoms in total. The predicted molar refractivity (Wildman–Crippen MR) is 57.0 cm³/mol. The summed E-state index contributed by atoms with van der Waals surface area (Å²) in [7, 11) is 0. The molecule has 1 aromatic carbocycles. The SMILES string of the molecule is CC(C)c1cccc2cc[n+]([O-])cc12. The summed E-state index contributed by atoms with van der Waals surface area (Å²) in [6, 6.07) is 8.00. The molecule has 0 saturated carbocycles. The van der Waals surface area contributed by atoms with Crippen LogP contribution in [-0.2, 0) is 0 Å². The van der Waals surface area contributed by atoms with Gasteiger partial charge in [-0.25, -0.2) is 0 Å². The topological polar surface area (TPSA) is 26.9 Å². The van der Waals surface area contributed by atoms with Crippen LogP contribution in [0.25, 0.3) is 10.8 Å². The monoisotopic (exact) mass is 187 g/mol. The highest BCUT2D eigenvalue weighted by Crippen LogP contribution is 2.23. The molecular weight excluding hydrogens is 174 g/mol. The van der Waals surface area contributed by atoms with Crippen molar-refractivity contribution < 1.29 is 4.73 Å². The van der Waals surface area contributed by atoms with Gasteiger partial charge in [0.05, 0.1) is 5.39 Å². The highest BCUT2D eigenvalue weighted by Gasteiger charge is 2.06. The van der Waals surface area contributed by atoms with Crippen molar-refractivity contribution in [1.82, 2.24) is 0 Å². The van der Waals surface area contributed by atoms with Crippen LogP contribution in [0.1, 0.15) is 25.3 Å². The van der Waals surface area contributed by atoms with E-state index >= 15 is 0 Å². The molecule has 0 radical (unpaired) electrons. The molecule has 0 aliphatic carbocycles. The van der Waals surface area contributed by atoms with E-state index in [-0.39, 0.29) is 0 Å². The Morgan fingerprint density at radius 1 is 1.21 bits per heavy atom. The summed E-state index contributed by atoms with van der Waals surface area (Å²) in [6.07, 6.45) is 3.18. The minimum atomic E-state index is 0.445. The van der Waals surface area contributed by atoms with Crippen LogP contribution in [0.5, 0.6) is 0 Å². The minimum Gasteiger partial charge on any atom is -0.619 e. The molecule has 0 saturated heterocycles.